The van der Waals surface area contributed by atoms with Gasteiger partial charge in [-0.1, -0.05) is 6.92 Å². The molecule has 2 unspecified atom stereocenters. The first-order valence-electron chi connectivity index (χ1n) is 6.42. The van der Waals surface area contributed by atoms with E-state index in [1.54, 1.807) is 0 Å². The predicted octanol–water partition coefficient (Wildman–Crippen LogP) is -0.358. The highest BCUT2D eigenvalue weighted by molar-refractivity contribution is 5.82. The van der Waals surface area contributed by atoms with Crippen LogP contribution < -0.4 is 10.6 Å². The standard InChI is InChI=1S/C12H22N2O3/c1-9-2-5-13-10(9)11(15)14-8-12(16)3-6-17-7-4-12/h9-10,13,16H,2-8H2,1H3,(H,14,15). The molecule has 1 amide bonds. The molecule has 5 nitrogen and oxygen atoms in total. The van der Waals surface area contributed by atoms with Gasteiger partial charge in [-0.15, -0.1) is 0 Å². The number of hydrogen-bond donors (Lipinski definition) is 3. The maximum atomic E-state index is 11.9. The molecule has 98 valence electrons. The fraction of sp³-hybridized carbons (Fsp3) is 0.917. The van der Waals surface area contributed by atoms with E-state index in [1.807, 2.05) is 0 Å². The van der Waals surface area contributed by atoms with Crippen molar-refractivity contribution in [2.75, 3.05) is 26.3 Å². The molecule has 2 saturated heterocycles. The van der Waals surface area contributed by atoms with Gasteiger partial charge in [-0.2, -0.15) is 0 Å². The molecule has 2 heterocycles. The lowest BCUT2D eigenvalue weighted by molar-refractivity contribution is -0.126. The summed E-state index contributed by atoms with van der Waals surface area (Å²) in [6, 6.07) is -0.0987. The molecular weight excluding hydrogens is 220 g/mol. The van der Waals surface area contributed by atoms with Crippen molar-refractivity contribution < 1.29 is 14.6 Å². The Morgan fingerprint density at radius 3 is 2.82 bits per heavy atom. The van der Waals surface area contributed by atoms with E-state index in [1.165, 1.54) is 0 Å². The van der Waals surface area contributed by atoms with Gasteiger partial charge in [0.15, 0.2) is 0 Å². The molecule has 2 aliphatic rings. The van der Waals surface area contributed by atoms with Crippen LogP contribution in [-0.4, -0.2) is 49.0 Å². The SMILES string of the molecule is CC1CCNC1C(=O)NCC1(O)CCOCC1. The quantitative estimate of drug-likeness (QED) is 0.632. The van der Waals surface area contributed by atoms with E-state index >= 15 is 0 Å². The second-order valence-corrected chi connectivity index (χ2v) is 5.25. The second kappa shape index (κ2) is 5.33. The number of nitrogens with one attached hydrogen (secondary N) is 2. The fourth-order valence-corrected chi connectivity index (χ4v) is 2.48. The summed E-state index contributed by atoms with van der Waals surface area (Å²) in [6.07, 6.45) is 2.23. The van der Waals surface area contributed by atoms with Crippen LogP contribution in [0, 0.1) is 5.92 Å². The zero-order valence-corrected chi connectivity index (χ0v) is 10.4. The number of hydrogen-bond acceptors (Lipinski definition) is 4. The summed E-state index contributed by atoms with van der Waals surface area (Å²) >= 11 is 0. The van der Waals surface area contributed by atoms with Crippen LogP contribution in [0.4, 0.5) is 0 Å². The monoisotopic (exact) mass is 242 g/mol. The van der Waals surface area contributed by atoms with Gasteiger partial charge in [0.1, 0.15) is 0 Å². The molecule has 2 atom stereocenters. The van der Waals surface area contributed by atoms with Crippen molar-refractivity contribution in [2.24, 2.45) is 5.92 Å². The largest absolute Gasteiger partial charge is 0.388 e. The molecule has 0 saturated carbocycles. The van der Waals surface area contributed by atoms with Gasteiger partial charge in [-0.05, 0) is 18.9 Å². The Morgan fingerprint density at radius 1 is 1.53 bits per heavy atom. The van der Waals surface area contributed by atoms with Crippen molar-refractivity contribution in [3.63, 3.8) is 0 Å². The van der Waals surface area contributed by atoms with Gasteiger partial charge in [0, 0.05) is 32.6 Å². The summed E-state index contributed by atoms with van der Waals surface area (Å²) in [6.45, 7) is 4.46. The summed E-state index contributed by atoms with van der Waals surface area (Å²) in [5.74, 6) is 0.384. The molecule has 17 heavy (non-hydrogen) atoms. The zero-order chi connectivity index (χ0) is 12.3. The first-order valence-corrected chi connectivity index (χ1v) is 6.42. The van der Waals surface area contributed by atoms with Gasteiger partial charge in [0.05, 0.1) is 11.6 Å². The maximum Gasteiger partial charge on any atom is 0.237 e. The molecule has 2 rings (SSSR count). The number of carbonyl (C=O) groups is 1. The third-order valence-corrected chi connectivity index (χ3v) is 3.83. The average molecular weight is 242 g/mol. The minimum Gasteiger partial charge on any atom is -0.388 e. The Labute approximate surface area is 102 Å². The van der Waals surface area contributed by atoms with Crippen LogP contribution in [0.15, 0.2) is 0 Å². The molecule has 3 N–H and O–H groups in total. The van der Waals surface area contributed by atoms with Crippen LogP contribution in [-0.2, 0) is 9.53 Å². The first kappa shape index (κ1) is 12.8. The third kappa shape index (κ3) is 3.18. The third-order valence-electron chi connectivity index (χ3n) is 3.83. The van der Waals surface area contributed by atoms with Crippen LogP contribution in [0.5, 0.6) is 0 Å². The highest BCUT2D eigenvalue weighted by Crippen LogP contribution is 2.20. The minimum atomic E-state index is -0.782. The van der Waals surface area contributed by atoms with Crippen molar-refractivity contribution in [1.29, 1.82) is 0 Å². The van der Waals surface area contributed by atoms with Crippen molar-refractivity contribution >= 4 is 5.91 Å². The Kier molecular flexibility index (Phi) is 4.01. The molecule has 0 aliphatic carbocycles. The van der Waals surface area contributed by atoms with E-state index in [4.69, 9.17) is 4.74 Å². The van der Waals surface area contributed by atoms with E-state index in [0.717, 1.165) is 13.0 Å². The predicted molar refractivity (Wildman–Crippen MR) is 63.6 cm³/mol. The van der Waals surface area contributed by atoms with Gasteiger partial charge in [0.25, 0.3) is 0 Å². The number of carbonyl (C=O) groups excluding carboxylic acids is 1. The Morgan fingerprint density at radius 2 is 2.24 bits per heavy atom. The Bertz CT molecular complexity index is 277. The Hall–Kier alpha value is -0.650. The molecule has 2 fully saturated rings. The van der Waals surface area contributed by atoms with Crippen molar-refractivity contribution in [3.8, 4) is 0 Å². The maximum absolute atomic E-state index is 11.9. The zero-order valence-electron chi connectivity index (χ0n) is 10.4. The molecule has 0 spiro atoms. The second-order valence-electron chi connectivity index (χ2n) is 5.25. The molecule has 0 radical (unpaired) electrons. The normalized spacial score (nSPS) is 32.4. The van der Waals surface area contributed by atoms with E-state index in [-0.39, 0.29) is 11.9 Å². The van der Waals surface area contributed by atoms with Crippen LogP contribution in [0.2, 0.25) is 0 Å². The topological polar surface area (TPSA) is 70.6 Å². The number of aliphatic hydroxyl groups is 1. The molecule has 2 aliphatic heterocycles. The number of amides is 1. The number of ether oxygens (including phenoxy) is 1. The molecule has 0 aromatic carbocycles. The van der Waals surface area contributed by atoms with Crippen LogP contribution >= 0.6 is 0 Å². The van der Waals surface area contributed by atoms with Crippen molar-refractivity contribution in [3.05, 3.63) is 0 Å². The summed E-state index contributed by atoms with van der Waals surface area (Å²) in [5.41, 5.74) is -0.782. The molecule has 0 bridgehead atoms. The molecule has 0 aromatic rings. The van der Waals surface area contributed by atoms with E-state index < -0.39 is 5.60 Å². The Balaban J connectivity index is 1.79. The van der Waals surface area contributed by atoms with Crippen LogP contribution in [0.1, 0.15) is 26.2 Å². The van der Waals surface area contributed by atoms with Crippen LogP contribution in [0.25, 0.3) is 0 Å². The molecule has 0 aromatic heterocycles. The summed E-state index contributed by atoms with van der Waals surface area (Å²) in [4.78, 5) is 11.9. The lowest BCUT2D eigenvalue weighted by Gasteiger charge is -2.32. The number of rotatable bonds is 3. The van der Waals surface area contributed by atoms with Gasteiger partial charge >= 0.3 is 0 Å². The van der Waals surface area contributed by atoms with Crippen LogP contribution in [0.3, 0.4) is 0 Å². The smallest absolute Gasteiger partial charge is 0.237 e. The highest BCUT2D eigenvalue weighted by atomic mass is 16.5. The van der Waals surface area contributed by atoms with Gasteiger partial charge in [-0.3, -0.25) is 4.79 Å². The first-order chi connectivity index (χ1) is 8.11. The van der Waals surface area contributed by atoms with Crippen molar-refractivity contribution in [2.45, 2.75) is 37.8 Å². The minimum absolute atomic E-state index is 0.00918. The van der Waals surface area contributed by atoms with E-state index in [9.17, 15) is 9.90 Å². The highest BCUT2D eigenvalue weighted by Gasteiger charge is 2.33. The van der Waals surface area contributed by atoms with Gasteiger partial charge in [0.2, 0.25) is 5.91 Å². The fourth-order valence-electron chi connectivity index (χ4n) is 2.48. The van der Waals surface area contributed by atoms with Gasteiger partial charge in [-0.25, -0.2) is 0 Å². The lowest BCUT2D eigenvalue weighted by Crippen LogP contribution is -2.51. The lowest BCUT2D eigenvalue weighted by atomic mass is 9.94. The molecular formula is C12H22N2O3. The van der Waals surface area contributed by atoms with Crippen molar-refractivity contribution in [1.82, 2.24) is 10.6 Å². The average Bonchev–Trinajstić information content (AvgIpc) is 2.74. The van der Waals surface area contributed by atoms with E-state index in [2.05, 4.69) is 17.6 Å². The molecule has 5 heteroatoms. The summed E-state index contributed by atoms with van der Waals surface area (Å²) in [7, 11) is 0. The summed E-state index contributed by atoms with van der Waals surface area (Å²) in [5, 5.41) is 16.3. The van der Waals surface area contributed by atoms with Gasteiger partial charge < -0.3 is 20.5 Å². The summed E-state index contributed by atoms with van der Waals surface area (Å²) < 4.78 is 5.20. The van der Waals surface area contributed by atoms with E-state index in [0.29, 0.717) is 38.5 Å².